The number of halogens is 2. The summed E-state index contributed by atoms with van der Waals surface area (Å²) in [5, 5.41) is 0.125. The van der Waals surface area contributed by atoms with Gasteiger partial charge in [0.25, 0.3) is 0 Å². The lowest BCUT2D eigenvalue weighted by atomic mass is 10.2. The minimum atomic E-state index is -0.421. The largest absolute Gasteiger partial charge is 0.375 e. The van der Waals surface area contributed by atoms with E-state index in [0.717, 1.165) is 0 Å². The van der Waals surface area contributed by atoms with Gasteiger partial charge in [-0.2, -0.15) is 0 Å². The van der Waals surface area contributed by atoms with Crippen LogP contribution in [0.2, 0.25) is 5.02 Å². The molecule has 0 spiro atoms. The van der Waals surface area contributed by atoms with Crippen molar-refractivity contribution in [1.82, 2.24) is 0 Å². The first-order chi connectivity index (χ1) is 6.25. The van der Waals surface area contributed by atoms with E-state index < -0.39 is 5.82 Å². The van der Waals surface area contributed by atoms with Crippen LogP contribution >= 0.6 is 11.6 Å². The van der Waals surface area contributed by atoms with Crippen molar-refractivity contribution in [2.24, 2.45) is 5.73 Å². The van der Waals surface area contributed by atoms with Crippen molar-refractivity contribution < 1.29 is 9.13 Å². The fraction of sp³-hybridized carbons (Fsp3) is 0.333. The molecule has 1 aromatic rings. The summed E-state index contributed by atoms with van der Waals surface area (Å²) in [5.74, 6) is -0.421. The zero-order valence-electron chi connectivity index (χ0n) is 7.09. The van der Waals surface area contributed by atoms with Crippen molar-refractivity contribution in [3.63, 3.8) is 0 Å². The number of benzene rings is 1. The summed E-state index contributed by atoms with van der Waals surface area (Å²) >= 11 is 5.69. The molecule has 2 nitrogen and oxygen atoms in total. The zero-order valence-corrected chi connectivity index (χ0v) is 7.85. The molecule has 0 aliphatic heterocycles. The van der Waals surface area contributed by atoms with E-state index in [0.29, 0.717) is 25.3 Å². The minimum Gasteiger partial charge on any atom is -0.375 e. The van der Waals surface area contributed by atoms with E-state index >= 15 is 0 Å². The third kappa shape index (κ3) is 2.95. The predicted molar refractivity (Wildman–Crippen MR) is 50.1 cm³/mol. The Morgan fingerprint density at radius 2 is 2.23 bits per heavy atom. The molecular weight excluding hydrogens is 193 g/mol. The fourth-order valence-electron chi connectivity index (χ4n) is 0.925. The number of hydrogen-bond donors (Lipinski definition) is 1. The molecule has 13 heavy (non-hydrogen) atoms. The number of hydrogen-bond acceptors (Lipinski definition) is 2. The first-order valence-electron chi connectivity index (χ1n) is 3.96. The molecule has 0 saturated carbocycles. The molecule has 0 unspecified atom stereocenters. The highest BCUT2D eigenvalue weighted by Gasteiger charge is 2.04. The first-order valence-corrected chi connectivity index (χ1v) is 4.34. The second-order valence-corrected chi connectivity index (χ2v) is 2.93. The van der Waals surface area contributed by atoms with E-state index in [9.17, 15) is 4.39 Å². The maximum atomic E-state index is 12.9. The van der Waals surface area contributed by atoms with Crippen LogP contribution in [0.5, 0.6) is 0 Å². The van der Waals surface area contributed by atoms with Crippen LogP contribution in [0.15, 0.2) is 18.2 Å². The van der Waals surface area contributed by atoms with Crippen LogP contribution in [0.3, 0.4) is 0 Å². The average molecular weight is 204 g/mol. The lowest BCUT2D eigenvalue weighted by molar-refractivity contribution is 0.128. The smallest absolute Gasteiger partial charge is 0.142 e. The highest BCUT2D eigenvalue weighted by atomic mass is 35.5. The highest BCUT2D eigenvalue weighted by molar-refractivity contribution is 6.31. The van der Waals surface area contributed by atoms with Crippen molar-refractivity contribution in [1.29, 1.82) is 0 Å². The van der Waals surface area contributed by atoms with Gasteiger partial charge in [0.2, 0.25) is 0 Å². The summed E-state index contributed by atoms with van der Waals surface area (Å²) in [5.41, 5.74) is 5.88. The lowest BCUT2D eigenvalue weighted by Gasteiger charge is -2.05. The molecule has 1 rings (SSSR count). The van der Waals surface area contributed by atoms with Crippen molar-refractivity contribution in [3.05, 3.63) is 34.6 Å². The standard InChI is InChI=1S/C9H11ClFNO/c10-9-7(6-13-5-4-12)2-1-3-8(9)11/h1-3H,4-6,12H2. The molecule has 4 heteroatoms. The van der Waals surface area contributed by atoms with Crippen LogP contribution in [0.25, 0.3) is 0 Å². The third-order valence-electron chi connectivity index (χ3n) is 1.55. The zero-order chi connectivity index (χ0) is 9.68. The average Bonchev–Trinajstić information content (AvgIpc) is 2.13. The Hall–Kier alpha value is -0.640. The third-order valence-corrected chi connectivity index (χ3v) is 1.97. The Balaban J connectivity index is 2.61. The van der Waals surface area contributed by atoms with Crippen LogP contribution in [0.1, 0.15) is 5.56 Å². The van der Waals surface area contributed by atoms with Gasteiger partial charge in [-0.1, -0.05) is 23.7 Å². The van der Waals surface area contributed by atoms with E-state index in [4.69, 9.17) is 22.1 Å². The second kappa shape index (κ2) is 5.17. The van der Waals surface area contributed by atoms with Crippen LogP contribution in [0, 0.1) is 5.82 Å². The van der Waals surface area contributed by atoms with Crippen molar-refractivity contribution >= 4 is 11.6 Å². The van der Waals surface area contributed by atoms with Crippen LogP contribution in [-0.4, -0.2) is 13.2 Å². The molecule has 0 saturated heterocycles. The van der Waals surface area contributed by atoms with Gasteiger partial charge in [0.15, 0.2) is 0 Å². The van der Waals surface area contributed by atoms with E-state index in [1.165, 1.54) is 6.07 Å². The van der Waals surface area contributed by atoms with Crippen LogP contribution in [0.4, 0.5) is 4.39 Å². The lowest BCUT2D eigenvalue weighted by Crippen LogP contribution is -2.08. The molecule has 2 N–H and O–H groups in total. The quantitative estimate of drug-likeness (QED) is 0.760. The Bertz CT molecular complexity index is 280. The van der Waals surface area contributed by atoms with E-state index in [-0.39, 0.29) is 5.02 Å². The number of rotatable bonds is 4. The number of ether oxygens (including phenoxy) is 1. The molecule has 0 atom stereocenters. The van der Waals surface area contributed by atoms with Gasteiger partial charge >= 0.3 is 0 Å². The Morgan fingerprint density at radius 3 is 2.92 bits per heavy atom. The molecule has 0 fully saturated rings. The van der Waals surface area contributed by atoms with Gasteiger partial charge in [-0.3, -0.25) is 0 Å². The van der Waals surface area contributed by atoms with E-state index in [1.54, 1.807) is 12.1 Å². The molecule has 72 valence electrons. The molecule has 0 radical (unpaired) electrons. The molecule has 1 aromatic carbocycles. The van der Waals surface area contributed by atoms with Crippen LogP contribution < -0.4 is 5.73 Å². The van der Waals surface area contributed by atoms with Crippen molar-refractivity contribution in [2.75, 3.05) is 13.2 Å². The summed E-state index contributed by atoms with van der Waals surface area (Å²) in [4.78, 5) is 0. The summed E-state index contributed by atoms with van der Waals surface area (Å²) in [6.45, 7) is 1.20. The Labute approximate surface area is 81.4 Å². The summed E-state index contributed by atoms with van der Waals surface area (Å²) in [6.07, 6.45) is 0. The summed E-state index contributed by atoms with van der Waals surface area (Å²) < 4.78 is 18.0. The minimum absolute atomic E-state index is 0.125. The van der Waals surface area contributed by atoms with Gasteiger partial charge in [0.1, 0.15) is 5.82 Å². The van der Waals surface area contributed by atoms with Crippen LogP contribution in [-0.2, 0) is 11.3 Å². The van der Waals surface area contributed by atoms with E-state index in [2.05, 4.69) is 0 Å². The maximum absolute atomic E-state index is 12.9. The molecule has 0 heterocycles. The Morgan fingerprint density at radius 1 is 1.46 bits per heavy atom. The van der Waals surface area contributed by atoms with Gasteiger partial charge in [-0.25, -0.2) is 4.39 Å². The fourth-order valence-corrected chi connectivity index (χ4v) is 1.11. The van der Waals surface area contributed by atoms with Gasteiger partial charge in [-0.15, -0.1) is 0 Å². The molecule has 0 aliphatic rings. The SMILES string of the molecule is NCCOCc1cccc(F)c1Cl. The highest BCUT2D eigenvalue weighted by Crippen LogP contribution is 2.19. The van der Waals surface area contributed by atoms with Crippen molar-refractivity contribution in [3.8, 4) is 0 Å². The topological polar surface area (TPSA) is 35.2 Å². The molecule has 0 aliphatic carbocycles. The molecule has 0 aromatic heterocycles. The summed E-state index contributed by atoms with van der Waals surface area (Å²) in [6, 6.07) is 4.64. The molecule has 0 amide bonds. The summed E-state index contributed by atoms with van der Waals surface area (Å²) in [7, 11) is 0. The van der Waals surface area contributed by atoms with E-state index in [1.807, 2.05) is 0 Å². The van der Waals surface area contributed by atoms with Crippen molar-refractivity contribution in [2.45, 2.75) is 6.61 Å². The maximum Gasteiger partial charge on any atom is 0.142 e. The monoisotopic (exact) mass is 203 g/mol. The normalized spacial score (nSPS) is 10.4. The number of nitrogens with two attached hydrogens (primary N) is 1. The van der Waals surface area contributed by atoms with Gasteiger partial charge in [0, 0.05) is 6.54 Å². The van der Waals surface area contributed by atoms with Gasteiger partial charge in [0.05, 0.1) is 18.2 Å². The Kier molecular flexibility index (Phi) is 4.15. The molecule has 0 bridgehead atoms. The first kappa shape index (κ1) is 10.4. The predicted octanol–water partition coefficient (Wildman–Crippen LogP) is 1.95. The van der Waals surface area contributed by atoms with Gasteiger partial charge < -0.3 is 10.5 Å². The second-order valence-electron chi connectivity index (χ2n) is 2.55. The van der Waals surface area contributed by atoms with Gasteiger partial charge in [-0.05, 0) is 11.6 Å². The molecular formula is C9H11ClFNO.